The van der Waals surface area contributed by atoms with Gasteiger partial charge in [0.05, 0.1) is 22.4 Å². The van der Waals surface area contributed by atoms with E-state index in [4.69, 9.17) is 0 Å². The average Bonchev–Trinajstić information content (AvgIpc) is 3.16. The van der Waals surface area contributed by atoms with E-state index in [1.54, 1.807) is 0 Å². The molecule has 0 saturated carbocycles. The third kappa shape index (κ3) is 4.10. The zero-order chi connectivity index (χ0) is 23.9. The molecule has 0 aliphatic rings. The van der Waals surface area contributed by atoms with Gasteiger partial charge in [-0.25, -0.2) is 0 Å². The van der Waals surface area contributed by atoms with Crippen molar-refractivity contribution in [2.24, 2.45) is 0 Å². The lowest BCUT2D eigenvalue weighted by Gasteiger charge is -2.21. The Hall–Kier alpha value is -2.94. The Balaban J connectivity index is 2.14. The summed E-state index contributed by atoms with van der Waals surface area (Å²) in [6.45, 7) is 18.2. The van der Waals surface area contributed by atoms with Crippen molar-refractivity contribution in [1.82, 2.24) is 9.55 Å². The Morgan fingerprint density at radius 3 is 1.67 bits per heavy atom. The first-order valence-corrected chi connectivity index (χ1v) is 12.3. The smallest absolute Gasteiger partial charge is 0.269 e. The average molecular weight is 440 g/mol. The maximum atomic E-state index is 4.52. The van der Waals surface area contributed by atoms with Gasteiger partial charge in [0.25, 0.3) is 6.33 Å². The minimum absolute atomic E-state index is 0.406. The SMILES string of the molecule is CC(C)c1cccc(C(C)C)c1-n1[c-][n+](-c2c(C(C)C)cccc2C(C)C)c2ccncc21. The third-order valence-corrected chi connectivity index (χ3v) is 6.59. The maximum Gasteiger partial charge on any atom is 0.269 e. The molecule has 2 aromatic carbocycles. The molecule has 2 aromatic heterocycles. The Labute approximate surface area is 199 Å². The molecule has 3 heteroatoms. The highest BCUT2D eigenvalue weighted by atomic mass is 15.2. The summed E-state index contributed by atoms with van der Waals surface area (Å²) in [7, 11) is 0. The van der Waals surface area contributed by atoms with Gasteiger partial charge in [-0.15, -0.1) is 0 Å². The lowest BCUT2D eigenvalue weighted by atomic mass is 9.92. The van der Waals surface area contributed by atoms with Gasteiger partial charge in [-0.2, -0.15) is 0 Å². The largest absolute Gasteiger partial charge is 0.291 e. The molecule has 2 heterocycles. The number of fused-ring (bicyclic) bond motifs is 1. The Morgan fingerprint density at radius 1 is 0.697 bits per heavy atom. The van der Waals surface area contributed by atoms with Crippen LogP contribution < -0.4 is 4.57 Å². The molecular formula is C30H37N3. The molecule has 0 saturated heterocycles. The second-order valence-corrected chi connectivity index (χ2v) is 10.3. The van der Waals surface area contributed by atoms with Gasteiger partial charge in [0.15, 0.2) is 0 Å². The van der Waals surface area contributed by atoms with E-state index in [2.05, 4.69) is 118 Å². The van der Waals surface area contributed by atoms with Crippen LogP contribution in [0.1, 0.15) is 101 Å². The topological polar surface area (TPSA) is 21.7 Å². The fraction of sp³-hybridized carbons (Fsp3) is 0.400. The quantitative estimate of drug-likeness (QED) is 0.224. The van der Waals surface area contributed by atoms with Gasteiger partial charge in [0.1, 0.15) is 0 Å². The summed E-state index contributed by atoms with van der Waals surface area (Å²) < 4.78 is 4.54. The number of para-hydroxylation sites is 2. The van der Waals surface area contributed by atoms with Crippen LogP contribution in [0.25, 0.3) is 22.4 Å². The van der Waals surface area contributed by atoms with E-state index >= 15 is 0 Å². The number of imidazole rings is 1. The van der Waals surface area contributed by atoms with Crippen molar-refractivity contribution in [3.63, 3.8) is 0 Å². The van der Waals surface area contributed by atoms with Gasteiger partial charge in [-0.05, 0) is 52.0 Å². The van der Waals surface area contributed by atoms with Crippen LogP contribution in [-0.2, 0) is 0 Å². The molecule has 0 N–H and O–H groups in total. The van der Waals surface area contributed by atoms with Crippen LogP contribution in [-0.4, -0.2) is 9.55 Å². The number of aromatic nitrogens is 3. The normalized spacial score (nSPS) is 12.1. The molecule has 0 spiro atoms. The Morgan fingerprint density at radius 2 is 1.18 bits per heavy atom. The first-order chi connectivity index (χ1) is 15.7. The van der Waals surface area contributed by atoms with Crippen molar-refractivity contribution in [2.45, 2.75) is 79.1 Å². The second kappa shape index (κ2) is 9.13. The van der Waals surface area contributed by atoms with E-state index in [0.29, 0.717) is 23.7 Å². The monoisotopic (exact) mass is 439 g/mol. The highest BCUT2D eigenvalue weighted by molar-refractivity contribution is 5.75. The predicted octanol–water partition coefficient (Wildman–Crippen LogP) is 7.60. The molecule has 0 amide bonds. The van der Waals surface area contributed by atoms with Crippen molar-refractivity contribution in [3.05, 3.63) is 83.4 Å². The molecule has 4 rings (SSSR count). The minimum Gasteiger partial charge on any atom is -0.291 e. The molecule has 0 bridgehead atoms. The number of nitrogens with zero attached hydrogens (tertiary/aromatic N) is 3. The summed E-state index contributed by atoms with van der Waals surface area (Å²) in [5.74, 6) is 1.63. The fourth-order valence-corrected chi connectivity index (χ4v) is 4.83. The number of hydrogen-bond acceptors (Lipinski definition) is 1. The van der Waals surface area contributed by atoms with Crippen LogP contribution in [0.2, 0.25) is 0 Å². The molecule has 33 heavy (non-hydrogen) atoms. The zero-order valence-electron chi connectivity index (χ0n) is 21.3. The first-order valence-electron chi connectivity index (χ1n) is 12.3. The maximum absolute atomic E-state index is 4.52. The van der Waals surface area contributed by atoms with Crippen molar-refractivity contribution >= 4 is 11.0 Å². The minimum atomic E-state index is 0.406. The molecular weight excluding hydrogens is 402 g/mol. The highest BCUT2D eigenvalue weighted by Crippen LogP contribution is 2.34. The molecule has 0 aliphatic heterocycles. The van der Waals surface area contributed by atoms with Crippen LogP contribution in [0.5, 0.6) is 0 Å². The summed E-state index contributed by atoms with van der Waals surface area (Å²) in [5, 5.41) is 0. The fourth-order valence-electron chi connectivity index (χ4n) is 4.83. The summed E-state index contributed by atoms with van der Waals surface area (Å²) >= 11 is 0. The molecule has 3 nitrogen and oxygen atoms in total. The van der Waals surface area contributed by atoms with E-state index in [1.807, 2.05) is 12.4 Å². The van der Waals surface area contributed by atoms with Crippen molar-refractivity contribution in [1.29, 1.82) is 0 Å². The second-order valence-electron chi connectivity index (χ2n) is 10.3. The van der Waals surface area contributed by atoms with Crippen molar-refractivity contribution in [2.75, 3.05) is 0 Å². The summed E-state index contributed by atoms with van der Waals surface area (Å²) in [6.07, 6.45) is 7.67. The van der Waals surface area contributed by atoms with Gasteiger partial charge in [0, 0.05) is 12.4 Å². The Kier molecular flexibility index (Phi) is 6.43. The van der Waals surface area contributed by atoms with Crippen LogP contribution >= 0.6 is 0 Å². The third-order valence-electron chi connectivity index (χ3n) is 6.59. The van der Waals surface area contributed by atoms with Crippen LogP contribution in [0.4, 0.5) is 0 Å². The number of pyridine rings is 1. The number of benzene rings is 2. The van der Waals surface area contributed by atoms with Crippen molar-refractivity contribution in [3.8, 4) is 11.4 Å². The summed E-state index contributed by atoms with van der Waals surface area (Å²) in [5.41, 5.74) is 10.1. The van der Waals surface area contributed by atoms with E-state index in [9.17, 15) is 0 Å². The van der Waals surface area contributed by atoms with Gasteiger partial charge in [-0.3, -0.25) is 14.1 Å². The van der Waals surface area contributed by atoms with Crippen LogP contribution in [0.15, 0.2) is 54.9 Å². The van der Waals surface area contributed by atoms with Gasteiger partial charge in [0.2, 0.25) is 0 Å². The summed E-state index contributed by atoms with van der Waals surface area (Å²) in [6, 6.07) is 15.5. The molecule has 0 fully saturated rings. The van der Waals surface area contributed by atoms with Gasteiger partial charge < -0.3 is 0 Å². The molecule has 0 atom stereocenters. The zero-order valence-corrected chi connectivity index (χ0v) is 21.3. The molecule has 4 aromatic rings. The first kappa shape index (κ1) is 23.2. The van der Waals surface area contributed by atoms with E-state index < -0.39 is 0 Å². The molecule has 0 aliphatic carbocycles. The summed E-state index contributed by atoms with van der Waals surface area (Å²) in [4.78, 5) is 4.52. The van der Waals surface area contributed by atoms with Gasteiger partial charge >= 0.3 is 0 Å². The van der Waals surface area contributed by atoms with E-state index in [1.165, 1.54) is 33.6 Å². The predicted molar refractivity (Wildman–Crippen MR) is 138 cm³/mol. The number of hydrogen-bond donors (Lipinski definition) is 0. The lowest BCUT2D eigenvalue weighted by Crippen LogP contribution is -2.33. The van der Waals surface area contributed by atoms with Gasteiger partial charge in [-0.1, -0.05) is 91.8 Å². The molecule has 0 radical (unpaired) electrons. The van der Waals surface area contributed by atoms with Crippen LogP contribution in [0, 0.1) is 6.33 Å². The van der Waals surface area contributed by atoms with E-state index in [-0.39, 0.29) is 0 Å². The van der Waals surface area contributed by atoms with Crippen LogP contribution in [0.3, 0.4) is 0 Å². The molecule has 0 unspecified atom stereocenters. The Bertz CT molecular complexity index is 1130. The van der Waals surface area contributed by atoms with E-state index in [0.717, 1.165) is 11.0 Å². The number of rotatable bonds is 6. The van der Waals surface area contributed by atoms with Crippen molar-refractivity contribution < 1.29 is 4.57 Å². The lowest BCUT2D eigenvalue weighted by molar-refractivity contribution is -0.573. The molecule has 172 valence electrons. The standard InChI is InChI=1S/C30H37N3/c1-19(2)23-11-9-12-24(20(3)4)29(23)32-18-33(28-17-31-16-15-27(28)32)30-25(21(5)6)13-10-14-26(30)22(7)8/h9-17,19-22H,1-8H3. The highest BCUT2D eigenvalue weighted by Gasteiger charge is 2.23.